The number of amides is 1. The van der Waals surface area contributed by atoms with E-state index in [2.05, 4.69) is 25.9 Å². The Kier molecular flexibility index (Phi) is 4.10. The van der Waals surface area contributed by atoms with Crippen LogP contribution in [0.25, 0.3) is 11.2 Å². The number of fused-ring (bicyclic) bond motifs is 1. The van der Waals surface area contributed by atoms with Crippen molar-refractivity contribution in [3.8, 4) is 0 Å². The fraction of sp³-hybridized carbons (Fsp3) is 0.417. The first kappa shape index (κ1) is 14.3. The number of alkyl halides is 1. The number of hydrogen-bond acceptors (Lipinski definition) is 3. The van der Waals surface area contributed by atoms with E-state index in [9.17, 15) is 4.79 Å². The molecular formula is C12H14BrClN4O. The van der Waals surface area contributed by atoms with E-state index in [4.69, 9.17) is 17.3 Å². The number of carbonyl (C=O) groups is 1. The number of nitrogens with two attached hydrogens (primary N) is 1. The first-order chi connectivity index (χ1) is 8.95. The van der Waals surface area contributed by atoms with Gasteiger partial charge >= 0.3 is 0 Å². The van der Waals surface area contributed by atoms with Gasteiger partial charge in [-0.25, -0.2) is 9.97 Å². The first-order valence-corrected chi connectivity index (χ1v) is 7.16. The molecule has 0 saturated heterocycles. The van der Waals surface area contributed by atoms with Crippen molar-refractivity contribution in [3.05, 3.63) is 22.6 Å². The van der Waals surface area contributed by atoms with Crippen LogP contribution in [0.5, 0.6) is 0 Å². The number of nitrogens with zero attached hydrogens (tertiary/aromatic N) is 3. The van der Waals surface area contributed by atoms with Crippen molar-refractivity contribution in [3.63, 3.8) is 0 Å². The minimum atomic E-state index is -0.507. The molecule has 0 aliphatic carbocycles. The number of imidazole rings is 1. The third-order valence-electron chi connectivity index (χ3n) is 2.89. The number of halogens is 2. The third kappa shape index (κ3) is 2.60. The fourth-order valence-corrected chi connectivity index (χ4v) is 2.65. The number of hydrogen-bond donors (Lipinski definition) is 1. The number of pyridine rings is 1. The van der Waals surface area contributed by atoms with Gasteiger partial charge in [-0.2, -0.15) is 0 Å². The van der Waals surface area contributed by atoms with Gasteiger partial charge < -0.3 is 5.73 Å². The van der Waals surface area contributed by atoms with Gasteiger partial charge in [-0.1, -0.05) is 13.8 Å². The summed E-state index contributed by atoms with van der Waals surface area (Å²) in [5, 5.41) is 0. The van der Waals surface area contributed by atoms with Crippen LogP contribution in [0.15, 0.2) is 16.7 Å². The van der Waals surface area contributed by atoms with Crippen LogP contribution in [0.3, 0.4) is 0 Å². The lowest BCUT2D eigenvalue weighted by Crippen LogP contribution is -2.31. The van der Waals surface area contributed by atoms with Gasteiger partial charge in [-0.3, -0.25) is 9.36 Å². The fourth-order valence-electron chi connectivity index (χ4n) is 2.14. The lowest BCUT2D eigenvalue weighted by atomic mass is 10.0. The molecular weight excluding hydrogens is 332 g/mol. The van der Waals surface area contributed by atoms with Crippen LogP contribution in [0.1, 0.15) is 25.7 Å². The molecule has 0 bridgehead atoms. The molecule has 102 valence electrons. The van der Waals surface area contributed by atoms with E-state index in [1.165, 1.54) is 0 Å². The second-order valence-corrected chi connectivity index (χ2v) is 5.80. The number of aromatic nitrogens is 3. The molecule has 0 saturated carbocycles. The topological polar surface area (TPSA) is 73.8 Å². The van der Waals surface area contributed by atoms with E-state index < -0.39 is 11.9 Å². The maximum atomic E-state index is 11.7. The average Bonchev–Trinajstić information content (AvgIpc) is 2.66. The van der Waals surface area contributed by atoms with Crippen LogP contribution >= 0.6 is 27.5 Å². The lowest BCUT2D eigenvalue weighted by Gasteiger charge is -2.21. The Morgan fingerprint density at radius 3 is 2.79 bits per heavy atom. The van der Waals surface area contributed by atoms with E-state index in [-0.39, 0.29) is 11.8 Å². The molecule has 1 atom stereocenters. The summed E-state index contributed by atoms with van der Waals surface area (Å²) in [5.41, 5.74) is 6.82. The maximum absolute atomic E-state index is 11.7. The van der Waals surface area contributed by atoms with Gasteiger partial charge in [0.1, 0.15) is 17.4 Å². The zero-order valence-corrected chi connectivity index (χ0v) is 12.9. The molecule has 0 radical (unpaired) electrons. The molecule has 5 nitrogen and oxygen atoms in total. The maximum Gasteiger partial charge on any atom is 0.240 e. The van der Waals surface area contributed by atoms with Crippen molar-refractivity contribution in [1.29, 1.82) is 0 Å². The van der Waals surface area contributed by atoms with Crippen LogP contribution in [0.2, 0.25) is 0 Å². The molecule has 0 aromatic carbocycles. The number of rotatable bonds is 4. The molecule has 0 aliphatic heterocycles. The summed E-state index contributed by atoms with van der Waals surface area (Å²) < 4.78 is 2.56. The Balaban J connectivity index is 2.72. The summed E-state index contributed by atoms with van der Waals surface area (Å²) in [7, 11) is 0. The molecule has 0 aliphatic rings. The third-order valence-corrected chi connectivity index (χ3v) is 3.56. The number of primary amides is 1. The first-order valence-electron chi connectivity index (χ1n) is 5.83. The van der Waals surface area contributed by atoms with E-state index in [1.807, 2.05) is 19.9 Å². The highest BCUT2D eigenvalue weighted by Gasteiger charge is 2.27. The van der Waals surface area contributed by atoms with Crippen LogP contribution in [-0.4, -0.2) is 20.4 Å². The lowest BCUT2D eigenvalue weighted by molar-refractivity contribution is -0.122. The largest absolute Gasteiger partial charge is 0.368 e. The Hall–Kier alpha value is -1.14. The molecule has 1 amide bonds. The normalized spacial score (nSPS) is 13.1. The standard InChI is InChI=1S/C12H14BrClN4O/c1-6(2)10(11(15)19)18-9(4-14)17-8-3-7(13)5-16-12(8)18/h3,5-6,10H,4H2,1-2H3,(H2,15,19). The molecule has 1 unspecified atom stereocenters. The Bertz CT molecular complexity index is 625. The van der Waals surface area contributed by atoms with E-state index in [0.717, 1.165) is 4.47 Å². The summed E-state index contributed by atoms with van der Waals surface area (Å²) in [6.07, 6.45) is 1.66. The van der Waals surface area contributed by atoms with Crippen LogP contribution in [0, 0.1) is 5.92 Å². The van der Waals surface area contributed by atoms with Gasteiger partial charge in [0, 0.05) is 10.7 Å². The van der Waals surface area contributed by atoms with Gasteiger partial charge in [0.2, 0.25) is 5.91 Å². The highest BCUT2D eigenvalue weighted by Crippen LogP contribution is 2.27. The van der Waals surface area contributed by atoms with Crippen LogP contribution in [0.4, 0.5) is 0 Å². The smallest absolute Gasteiger partial charge is 0.240 e. The van der Waals surface area contributed by atoms with Crippen LogP contribution < -0.4 is 5.73 Å². The van der Waals surface area contributed by atoms with Crippen molar-refractivity contribution in [2.45, 2.75) is 25.8 Å². The molecule has 7 heteroatoms. The molecule has 2 aromatic heterocycles. The van der Waals surface area contributed by atoms with Gasteiger partial charge in [0.25, 0.3) is 0 Å². The Morgan fingerprint density at radius 1 is 1.58 bits per heavy atom. The molecule has 0 spiro atoms. The molecule has 0 fully saturated rings. The van der Waals surface area contributed by atoms with Crippen LogP contribution in [-0.2, 0) is 10.7 Å². The van der Waals surface area contributed by atoms with Crippen molar-refractivity contribution < 1.29 is 4.79 Å². The monoisotopic (exact) mass is 344 g/mol. The predicted octanol–water partition coefficient (Wildman–Crippen LogP) is 2.62. The highest BCUT2D eigenvalue weighted by atomic mass is 79.9. The summed E-state index contributed by atoms with van der Waals surface area (Å²) in [4.78, 5) is 20.4. The van der Waals surface area contributed by atoms with E-state index in [1.54, 1.807) is 10.8 Å². The zero-order chi connectivity index (χ0) is 14.2. The Morgan fingerprint density at radius 2 is 2.26 bits per heavy atom. The second-order valence-electron chi connectivity index (χ2n) is 4.62. The van der Waals surface area contributed by atoms with Crippen molar-refractivity contribution in [2.24, 2.45) is 11.7 Å². The number of carbonyl (C=O) groups excluding carboxylic acids is 1. The molecule has 2 heterocycles. The van der Waals surface area contributed by atoms with Crippen molar-refractivity contribution in [1.82, 2.24) is 14.5 Å². The summed E-state index contributed by atoms with van der Waals surface area (Å²) >= 11 is 9.27. The molecule has 2 N–H and O–H groups in total. The molecule has 2 aromatic rings. The summed E-state index contributed by atoms with van der Waals surface area (Å²) in [6, 6.07) is 1.33. The van der Waals surface area contributed by atoms with Gasteiger partial charge in [0.05, 0.1) is 5.88 Å². The van der Waals surface area contributed by atoms with Gasteiger partial charge in [-0.05, 0) is 27.9 Å². The minimum absolute atomic E-state index is 0.0299. The van der Waals surface area contributed by atoms with Crippen molar-refractivity contribution >= 4 is 44.6 Å². The molecule has 2 rings (SSSR count). The zero-order valence-electron chi connectivity index (χ0n) is 10.6. The minimum Gasteiger partial charge on any atom is -0.368 e. The second kappa shape index (κ2) is 5.46. The van der Waals surface area contributed by atoms with Gasteiger partial charge in [0.15, 0.2) is 5.65 Å². The summed E-state index contributed by atoms with van der Waals surface area (Å²) in [6.45, 7) is 3.86. The average molecular weight is 346 g/mol. The highest BCUT2D eigenvalue weighted by molar-refractivity contribution is 9.10. The Labute approximate surface area is 124 Å². The van der Waals surface area contributed by atoms with Crippen molar-refractivity contribution in [2.75, 3.05) is 0 Å². The van der Waals surface area contributed by atoms with E-state index in [0.29, 0.717) is 17.0 Å². The molecule has 19 heavy (non-hydrogen) atoms. The van der Waals surface area contributed by atoms with E-state index >= 15 is 0 Å². The predicted molar refractivity (Wildman–Crippen MR) is 77.9 cm³/mol. The summed E-state index contributed by atoms with van der Waals surface area (Å²) in [5.74, 6) is 0.414. The van der Waals surface area contributed by atoms with Gasteiger partial charge in [-0.15, -0.1) is 11.6 Å². The quantitative estimate of drug-likeness (QED) is 0.866. The SMILES string of the molecule is CC(C)C(C(N)=O)n1c(CCl)nc2cc(Br)cnc21.